The SMILES string of the molecule is [C]1=CN=CCCO1. The van der Waals surface area contributed by atoms with Crippen LogP contribution in [0.5, 0.6) is 0 Å². The van der Waals surface area contributed by atoms with Crippen molar-refractivity contribution in [2.24, 2.45) is 4.99 Å². The van der Waals surface area contributed by atoms with Gasteiger partial charge in [0.2, 0.25) is 0 Å². The van der Waals surface area contributed by atoms with Crippen molar-refractivity contribution in [3.63, 3.8) is 0 Å². The van der Waals surface area contributed by atoms with E-state index in [0.29, 0.717) is 6.61 Å². The first-order valence-corrected chi connectivity index (χ1v) is 2.21. The lowest BCUT2D eigenvalue weighted by atomic mass is 10.5. The van der Waals surface area contributed by atoms with Crippen molar-refractivity contribution in [3.8, 4) is 0 Å². The highest BCUT2D eigenvalue weighted by atomic mass is 16.5. The number of ether oxygens (including phenoxy) is 1. The highest BCUT2D eigenvalue weighted by Gasteiger charge is 1.82. The van der Waals surface area contributed by atoms with Crippen LogP contribution < -0.4 is 0 Å². The van der Waals surface area contributed by atoms with Crippen LogP contribution in [0.4, 0.5) is 0 Å². The van der Waals surface area contributed by atoms with Gasteiger partial charge in [0.05, 0.1) is 12.8 Å². The topological polar surface area (TPSA) is 21.6 Å². The van der Waals surface area contributed by atoms with Gasteiger partial charge >= 0.3 is 0 Å². The number of rotatable bonds is 0. The maximum absolute atomic E-state index is 4.76. The van der Waals surface area contributed by atoms with Gasteiger partial charge in [-0.1, -0.05) is 0 Å². The lowest BCUT2D eigenvalue weighted by Crippen LogP contribution is -1.83. The van der Waals surface area contributed by atoms with E-state index in [4.69, 9.17) is 4.74 Å². The monoisotopic (exact) mass is 96.0 g/mol. The molecule has 0 aromatic rings. The molecule has 0 atom stereocenters. The molecule has 1 heterocycles. The Bertz CT molecular complexity index is 84.3. The van der Waals surface area contributed by atoms with Crippen LogP contribution in [0.3, 0.4) is 0 Å². The minimum Gasteiger partial charge on any atom is -0.488 e. The highest BCUT2D eigenvalue weighted by molar-refractivity contribution is 5.58. The molecule has 0 aromatic heterocycles. The summed E-state index contributed by atoms with van der Waals surface area (Å²) >= 11 is 0. The Labute approximate surface area is 42.5 Å². The van der Waals surface area contributed by atoms with Gasteiger partial charge in [0.15, 0.2) is 6.26 Å². The normalized spacial score (nSPS) is 18.3. The second-order valence-corrected chi connectivity index (χ2v) is 1.22. The molecule has 7 heavy (non-hydrogen) atoms. The molecule has 0 unspecified atom stereocenters. The molecular weight excluding hydrogens is 90.1 g/mol. The molecule has 1 radical (unpaired) electrons. The van der Waals surface area contributed by atoms with Crippen LogP contribution >= 0.6 is 0 Å². The van der Waals surface area contributed by atoms with Crippen molar-refractivity contribution in [2.45, 2.75) is 6.42 Å². The number of aliphatic imine (C=N–C) groups is 1. The van der Waals surface area contributed by atoms with E-state index in [-0.39, 0.29) is 0 Å². The predicted octanol–water partition coefficient (Wildman–Crippen LogP) is 0.752. The third kappa shape index (κ3) is 1.39. The lowest BCUT2D eigenvalue weighted by molar-refractivity contribution is 0.240. The first-order valence-electron chi connectivity index (χ1n) is 2.21. The molecule has 0 fully saturated rings. The average molecular weight is 96.1 g/mol. The summed E-state index contributed by atoms with van der Waals surface area (Å²) in [5.74, 6) is 0. The molecule has 1 rings (SSSR count). The molecule has 0 aromatic carbocycles. The van der Waals surface area contributed by atoms with Crippen molar-refractivity contribution < 1.29 is 4.74 Å². The highest BCUT2D eigenvalue weighted by Crippen LogP contribution is 1.85. The van der Waals surface area contributed by atoms with Crippen molar-refractivity contribution >= 4 is 6.21 Å². The molecule has 0 saturated carbocycles. The van der Waals surface area contributed by atoms with Gasteiger partial charge in [-0.15, -0.1) is 0 Å². The van der Waals surface area contributed by atoms with E-state index in [2.05, 4.69) is 11.3 Å². The molecule has 2 heteroatoms. The van der Waals surface area contributed by atoms with Gasteiger partial charge in [-0.2, -0.15) is 0 Å². The Kier molecular flexibility index (Phi) is 1.50. The molecule has 37 valence electrons. The van der Waals surface area contributed by atoms with Crippen LogP contribution in [-0.2, 0) is 4.74 Å². The van der Waals surface area contributed by atoms with E-state index in [9.17, 15) is 0 Å². The lowest BCUT2D eigenvalue weighted by Gasteiger charge is -1.87. The summed E-state index contributed by atoms with van der Waals surface area (Å²) in [6.07, 6.45) is 6.74. The fraction of sp³-hybridized carbons (Fsp3) is 0.400. The zero-order valence-electron chi connectivity index (χ0n) is 3.92. The summed E-state index contributed by atoms with van der Waals surface area (Å²) in [5, 5.41) is 0. The smallest absolute Gasteiger partial charge is 0.181 e. The average Bonchev–Trinajstić information content (AvgIpc) is 1.90. The van der Waals surface area contributed by atoms with E-state index >= 15 is 0 Å². The third-order valence-electron chi connectivity index (χ3n) is 0.665. The quantitative estimate of drug-likeness (QED) is 0.436. The van der Waals surface area contributed by atoms with Gasteiger partial charge in [-0.25, -0.2) is 0 Å². The largest absolute Gasteiger partial charge is 0.488 e. The van der Waals surface area contributed by atoms with Gasteiger partial charge < -0.3 is 4.74 Å². The zero-order valence-corrected chi connectivity index (χ0v) is 3.92. The Hall–Kier alpha value is -0.790. The van der Waals surface area contributed by atoms with E-state index in [1.54, 1.807) is 6.21 Å². The minimum absolute atomic E-state index is 0.708. The Morgan fingerprint density at radius 2 is 2.71 bits per heavy atom. The van der Waals surface area contributed by atoms with Crippen molar-refractivity contribution in [1.82, 2.24) is 0 Å². The standard InChI is InChI=1S/C5H6NO/c1-2-6-3-5-7-4-1/h2-3H,1,4H2. The summed E-state index contributed by atoms with van der Waals surface area (Å²) in [7, 11) is 0. The molecule has 2 nitrogen and oxygen atoms in total. The number of nitrogens with zero attached hydrogens (tertiary/aromatic N) is 1. The van der Waals surface area contributed by atoms with Crippen molar-refractivity contribution in [3.05, 3.63) is 12.5 Å². The molecule has 1 aliphatic heterocycles. The van der Waals surface area contributed by atoms with Crippen LogP contribution in [0, 0.1) is 6.26 Å². The van der Waals surface area contributed by atoms with Crippen LogP contribution in [0.15, 0.2) is 11.2 Å². The van der Waals surface area contributed by atoms with E-state index in [0.717, 1.165) is 6.42 Å². The first kappa shape index (κ1) is 4.37. The van der Waals surface area contributed by atoms with Gasteiger partial charge in [0, 0.05) is 12.6 Å². The second-order valence-electron chi connectivity index (χ2n) is 1.22. The molecular formula is C5H6NO. The van der Waals surface area contributed by atoms with E-state index in [1.807, 2.05) is 0 Å². The fourth-order valence-corrected chi connectivity index (χ4v) is 0.365. The molecule has 0 N–H and O–H groups in total. The number of hydrogen-bond donors (Lipinski definition) is 0. The minimum atomic E-state index is 0.708. The Balaban J connectivity index is 2.39. The van der Waals surface area contributed by atoms with Crippen LogP contribution in [0.1, 0.15) is 6.42 Å². The van der Waals surface area contributed by atoms with Gasteiger partial charge in [-0.05, 0) is 0 Å². The molecule has 0 bridgehead atoms. The molecule has 0 aliphatic carbocycles. The second kappa shape index (κ2) is 2.39. The van der Waals surface area contributed by atoms with E-state index < -0.39 is 0 Å². The first-order chi connectivity index (χ1) is 3.50. The maximum atomic E-state index is 4.76. The van der Waals surface area contributed by atoms with Gasteiger partial charge in [0.1, 0.15) is 0 Å². The zero-order chi connectivity index (χ0) is 4.95. The molecule has 1 aliphatic rings. The third-order valence-corrected chi connectivity index (χ3v) is 0.665. The van der Waals surface area contributed by atoms with Crippen molar-refractivity contribution in [2.75, 3.05) is 6.61 Å². The molecule has 0 spiro atoms. The van der Waals surface area contributed by atoms with Crippen LogP contribution in [0.2, 0.25) is 0 Å². The summed E-state index contributed by atoms with van der Waals surface area (Å²) in [6.45, 7) is 0.708. The van der Waals surface area contributed by atoms with E-state index in [1.165, 1.54) is 6.20 Å². The predicted molar refractivity (Wildman–Crippen MR) is 26.9 cm³/mol. The summed E-state index contributed by atoms with van der Waals surface area (Å²) in [4.78, 5) is 3.78. The summed E-state index contributed by atoms with van der Waals surface area (Å²) in [5.41, 5.74) is 0. The van der Waals surface area contributed by atoms with Crippen LogP contribution in [-0.4, -0.2) is 12.8 Å². The van der Waals surface area contributed by atoms with Gasteiger partial charge in [-0.3, -0.25) is 4.99 Å². The van der Waals surface area contributed by atoms with Crippen LogP contribution in [0.25, 0.3) is 0 Å². The van der Waals surface area contributed by atoms with Crippen molar-refractivity contribution in [1.29, 1.82) is 0 Å². The fourth-order valence-electron chi connectivity index (χ4n) is 0.365. The summed E-state index contributed by atoms with van der Waals surface area (Å²) < 4.78 is 4.76. The molecule has 0 saturated heterocycles. The van der Waals surface area contributed by atoms with Gasteiger partial charge in [0.25, 0.3) is 0 Å². The Morgan fingerprint density at radius 1 is 1.71 bits per heavy atom. The maximum Gasteiger partial charge on any atom is 0.181 e. The number of hydrogen-bond acceptors (Lipinski definition) is 2. The summed E-state index contributed by atoms with van der Waals surface area (Å²) in [6, 6.07) is 0. The Morgan fingerprint density at radius 3 is 3.71 bits per heavy atom. The molecule has 0 amide bonds.